The van der Waals surface area contributed by atoms with E-state index in [1.54, 1.807) is 24.3 Å². The van der Waals surface area contributed by atoms with E-state index in [9.17, 15) is 9.59 Å². The fourth-order valence-corrected chi connectivity index (χ4v) is 4.34. The highest BCUT2D eigenvalue weighted by atomic mass is 16.2. The Kier molecular flexibility index (Phi) is 6.64. The Labute approximate surface area is 189 Å². The van der Waals surface area contributed by atoms with E-state index in [0.29, 0.717) is 17.8 Å². The van der Waals surface area contributed by atoms with Crippen molar-refractivity contribution in [2.75, 3.05) is 18.4 Å². The molecule has 1 aliphatic heterocycles. The normalized spacial score (nSPS) is 15.9. The van der Waals surface area contributed by atoms with Crippen molar-refractivity contribution in [3.63, 3.8) is 0 Å². The zero-order chi connectivity index (χ0) is 22.5. The molecule has 1 atom stereocenters. The number of nitrogens with one attached hydrogen (secondary N) is 1. The summed E-state index contributed by atoms with van der Waals surface area (Å²) in [7, 11) is 0. The van der Waals surface area contributed by atoms with Gasteiger partial charge in [0.25, 0.3) is 5.91 Å². The second-order valence-electron chi connectivity index (χ2n) is 8.57. The molecule has 3 aromatic rings. The zero-order valence-corrected chi connectivity index (χ0v) is 18.7. The lowest BCUT2D eigenvalue weighted by Crippen LogP contribution is -2.39. The fraction of sp³-hybridized carbons (Fsp3) is 0.296. The number of aryl methyl sites for hydroxylation is 1. The molecule has 0 spiro atoms. The van der Waals surface area contributed by atoms with E-state index in [2.05, 4.69) is 54.7 Å². The Morgan fingerprint density at radius 1 is 1.06 bits per heavy atom. The maximum atomic E-state index is 13.1. The predicted molar refractivity (Wildman–Crippen MR) is 127 cm³/mol. The summed E-state index contributed by atoms with van der Waals surface area (Å²) in [5, 5.41) is 2.73. The van der Waals surface area contributed by atoms with Crippen molar-refractivity contribution >= 4 is 17.5 Å². The third-order valence-corrected chi connectivity index (χ3v) is 5.88. The van der Waals surface area contributed by atoms with E-state index in [0.717, 1.165) is 37.2 Å². The summed E-state index contributed by atoms with van der Waals surface area (Å²) >= 11 is 0. The molecule has 0 radical (unpaired) electrons. The van der Waals surface area contributed by atoms with E-state index in [1.165, 1.54) is 18.1 Å². The van der Waals surface area contributed by atoms with Crippen LogP contribution in [0.4, 0.5) is 5.69 Å². The average Bonchev–Trinajstić information content (AvgIpc) is 2.79. The van der Waals surface area contributed by atoms with Gasteiger partial charge in [0.15, 0.2) is 0 Å². The first kappa shape index (κ1) is 21.8. The van der Waals surface area contributed by atoms with Crippen molar-refractivity contribution in [2.45, 2.75) is 39.0 Å². The summed E-state index contributed by atoms with van der Waals surface area (Å²) in [6.07, 6.45) is 2.81. The number of hydrogen-bond acceptors (Lipinski definition) is 3. The van der Waals surface area contributed by atoms with Gasteiger partial charge in [-0.1, -0.05) is 35.9 Å². The van der Waals surface area contributed by atoms with E-state index in [1.807, 2.05) is 4.90 Å². The molecule has 0 bridgehead atoms. The molecule has 0 unspecified atom stereocenters. The number of nitrogens with zero attached hydrogens (tertiary/aromatic N) is 2. The van der Waals surface area contributed by atoms with Crippen molar-refractivity contribution in [1.29, 1.82) is 0 Å². The predicted octanol–water partition coefficient (Wildman–Crippen LogP) is 4.96. The second-order valence-corrected chi connectivity index (χ2v) is 8.57. The monoisotopic (exact) mass is 427 g/mol. The SMILES string of the molecule is CC(=O)Nc1ccc(C(=O)N2CCC[C@H](c3cccc(Cc4cccc(C)c4)n3)C2)cc1. The van der Waals surface area contributed by atoms with Gasteiger partial charge in [-0.25, -0.2) is 0 Å². The van der Waals surface area contributed by atoms with Crippen LogP contribution in [0.3, 0.4) is 0 Å². The highest BCUT2D eigenvalue weighted by Crippen LogP contribution is 2.27. The van der Waals surface area contributed by atoms with Crippen LogP contribution in [0.15, 0.2) is 66.7 Å². The maximum Gasteiger partial charge on any atom is 0.253 e. The van der Waals surface area contributed by atoms with Crippen molar-refractivity contribution < 1.29 is 9.59 Å². The highest BCUT2D eigenvalue weighted by molar-refractivity contribution is 5.95. The van der Waals surface area contributed by atoms with E-state index < -0.39 is 0 Å². The Balaban J connectivity index is 1.44. The molecule has 1 N–H and O–H groups in total. The molecule has 1 aromatic heterocycles. The number of aromatic nitrogens is 1. The quantitative estimate of drug-likeness (QED) is 0.626. The average molecular weight is 428 g/mol. The van der Waals surface area contributed by atoms with Crippen molar-refractivity contribution in [3.05, 3.63) is 94.8 Å². The number of benzene rings is 2. The van der Waals surface area contributed by atoms with Gasteiger partial charge in [0.05, 0.1) is 0 Å². The zero-order valence-electron chi connectivity index (χ0n) is 18.7. The molecule has 1 fully saturated rings. The van der Waals surface area contributed by atoms with Crippen LogP contribution in [0.2, 0.25) is 0 Å². The van der Waals surface area contributed by atoms with Gasteiger partial charge >= 0.3 is 0 Å². The van der Waals surface area contributed by atoms with Gasteiger partial charge < -0.3 is 10.2 Å². The number of hydrogen-bond donors (Lipinski definition) is 1. The highest BCUT2D eigenvalue weighted by Gasteiger charge is 2.26. The first-order chi connectivity index (χ1) is 15.5. The molecule has 5 nitrogen and oxygen atoms in total. The van der Waals surface area contributed by atoms with Crippen LogP contribution in [0.25, 0.3) is 0 Å². The van der Waals surface area contributed by atoms with Gasteiger partial charge in [0.1, 0.15) is 0 Å². The minimum atomic E-state index is -0.125. The topological polar surface area (TPSA) is 62.3 Å². The lowest BCUT2D eigenvalue weighted by molar-refractivity contribution is -0.114. The molecule has 4 rings (SSSR count). The summed E-state index contributed by atoms with van der Waals surface area (Å²) < 4.78 is 0. The van der Waals surface area contributed by atoms with Crippen LogP contribution in [0, 0.1) is 6.92 Å². The Hall–Kier alpha value is -3.47. The van der Waals surface area contributed by atoms with Crippen LogP contribution in [-0.2, 0) is 11.2 Å². The van der Waals surface area contributed by atoms with Crippen molar-refractivity contribution in [1.82, 2.24) is 9.88 Å². The summed E-state index contributed by atoms with van der Waals surface area (Å²) in [6.45, 7) is 5.00. The third-order valence-electron chi connectivity index (χ3n) is 5.88. The molecular weight excluding hydrogens is 398 g/mol. The minimum Gasteiger partial charge on any atom is -0.338 e. The first-order valence-electron chi connectivity index (χ1n) is 11.2. The van der Waals surface area contributed by atoms with Crippen LogP contribution in [0.5, 0.6) is 0 Å². The number of anilines is 1. The molecule has 0 saturated carbocycles. The minimum absolute atomic E-state index is 0.0278. The number of rotatable bonds is 5. The Morgan fingerprint density at radius 2 is 1.84 bits per heavy atom. The summed E-state index contributed by atoms with van der Waals surface area (Å²) in [5.74, 6) is 0.142. The van der Waals surface area contributed by atoms with Gasteiger partial charge in [-0.2, -0.15) is 0 Å². The van der Waals surface area contributed by atoms with Crippen molar-refractivity contribution in [3.8, 4) is 0 Å². The number of piperidine rings is 1. The maximum absolute atomic E-state index is 13.1. The largest absolute Gasteiger partial charge is 0.338 e. The molecule has 0 aliphatic carbocycles. The molecule has 1 aliphatic rings. The number of carbonyl (C=O) groups is 2. The first-order valence-corrected chi connectivity index (χ1v) is 11.2. The number of amides is 2. The van der Waals surface area contributed by atoms with Crippen molar-refractivity contribution in [2.24, 2.45) is 0 Å². The smallest absolute Gasteiger partial charge is 0.253 e. The van der Waals surface area contributed by atoms with Crippen LogP contribution in [-0.4, -0.2) is 34.8 Å². The van der Waals surface area contributed by atoms with Gasteiger partial charge in [-0.05, 0) is 61.7 Å². The molecular formula is C27H29N3O2. The number of likely N-dealkylation sites (tertiary alicyclic amines) is 1. The van der Waals surface area contributed by atoms with E-state index >= 15 is 0 Å². The van der Waals surface area contributed by atoms with Crippen LogP contribution < -0.4 is 5.32 Å². The van der Waals surface area contributed by atoms with Gasteiger partial charge in [0, 0.05) is 55.0 Å². The summed E-state index contributed by atoms with van der Waals surface area (Å²) in [4.78, 5) is 31.1. The van der Waals surface area contributed by atoms with Gasteiger partial charge in [-0.3, -0.25) is 14.6 Å². The molecule has 2 aromatic carbocycles. The summed E-state index contributed by atoms with van der Waals surface area (Å²) in [5.41, 5.74) is 5.97. The summed E-state index contributed by atoms with van der Waals surface area (Å²) in [6, 6.07) is 21.9. The molecule has 5 heteroatoms. The van der Waals surface area contributed by atoms with Crippen LogP contribution >= 0.6 is 0 Å². The number of pyridine rings is 1. The van der Waals surface area contributed by atoms with E-state index in [-0.39, 0.29) is 17.7 Å². The van der Waals surface area contributed by atoms with Gasteiger partial charge in [0.2, 0.25) is 5.91 Å². The lowest BCUT2D eigenvalue weighted by Gasteiger charge is -2.32. The second kappa shape index (κ2) is 9.77. The van der Waals surface area contributed by atoms with E-state index in [4.69, 9.17) is 4.98 Å². The standard InChI is InChI=1S/C27H29N3O2/c1-19-6-3-7-21(16-19)17-25-9-4-10-26(29-25)23-8-5-15-30(18-23)27(32)22-11-13-24(14-12-22)28-20(2)31/h3-4,6-7,9-14,16,23H,5,8,15,17-18H2,1-2H3,(H,28,31)/t23-/m0/s1. The fourth-order valence-electron chi connectivity index (χ4n) is 4.34. The number of carbonyl (C=O) groups excluding carboxylic acids is 2. The molecule has 2 amide bonds. The Morgan fingerprint density at radius 3 is 2.59 bits per heavy atom. The molecule has 32 heavy (non-hydrogen) atoms. The molecule has 1 saturated heterocycles. The third kappa shape index (κ3) is 5.41. The van der Waals surface area contributed by atoms with Gasteiger partial charge in [-0.15, -0.1) is 0 Å². The molecule has 2 heterocycles. The Bertz CT molecular complexity index is 1110. The lowest BCUT2D eigenvalue weighted by atomic mass is 9.93. The molecule has 164 valence electrons. The van der Waals surface area contributed by atoms with Crippen LogP contribution in [0.1, 0.15) is 58.6 Å².